The van der Waals surface area contributed by atoms with Gasteiger partial charge in [-0.05, 0) is 29.5 Å². The average molecular weight is 528 g/mol. The number of pyridine rings is 1. The number of benzene rings is 1. The maximum Gasteiger partial charge on any atom is 0.269 e. The minimum absolute atomic E-state index is 0.0360. The number of aromatic nitrogens is 3. The van der Waals surface area contributed by atoms with E-state index in [1.54, 1.807) is 35.0 Å². The number of likely N-dealkylation sites (tertiary alicyclic amines) is 1. The number of nitrogens with two attached hydrogens (primary N) is 1. The van der Waals surface area contributed by atoms with Crippen LogP contribution in [0.5, 0.6) is 0 Å². The zero-order chi connectivity index (χ0) is 27.8. The number of fused-ring (bicyclic) bond motifs is 1. The summed E-state index contributed by atoms with van der Waals surface area (Å²) in [5, 5.41) is 15.4. The maximum absolute atomic E-state index is 12.4. The summed E-state index contributed by atoms with van der Waals surface area (Å²) in [4.78, 5) is 30.6. The Kier molecular flexibility index (Phi) is 7.02. The molecular weight excluding hydrogens is 494 g/mol. The topological polar surface area (TPSA) is 124 Å². The van der Waals surface area contributed by atoms with Crippen molar-refractivity contribution in [3.05, 3.63) is 76.7 Å². The quantitative estimate of drug-likeness (QED) is 0.491. The molecule has 1 saturated heterocycles. The van der Waals surface area contributed by atoms with E-state index in [0.29, 0.717) is 43.8 Å². The first-order valence-corrected chi connectivity index (χ1v) is 13.1. The number of rotatable bonds is 5. The molecule has 2 aromatic heterocycles. The highest BCUT2D eigenvalue weighted by atomic mass is 16.5. The normalized spacial score (nSPS) is 22.1. The number of hydrogen-bond acceptors (Lipinski definition) is 6. The third-order valence-electron chi connectivity index (χ3n) is 7.63. The Labute approximate surface area is 228 Å². The number of amides is 2. The third-order valence-corrected chi connectivity index (χ3v) is 7.63. The van der Waals surface area contributed by atoms with Crippen LogP contribution in [-0.4, -0.2) is 61.9 Å². The van der Waals surface area contributed by atoms with Gasteiger partial charge in [0.05, 0.1) is 24.8 Å². The second-order valence-electron chi connectivity index (χ2n) is 11.1. The van der Waals surface area contributed by atoms with Gasteiger partial charge in [0.15, 0.2) is 11.5 Å². The van der Waals surface area contributed by atoms with Gasteiger partial charge < -0.3 is 20.5 Å². The minimum Gasteiger partial charge on any atom is -0.377 e. The number of primary amides is 1. The summed E-state index contributed by atoms with van der Waals surface area (Å²) in [6.07, 6.45) is 2.94. The number of carbonyl (C=O) groups is 2. The summed E-state index contributed by atoms with van der Waals surface area (Å²) in [6, 6.07) is 13.5. The molecule has 2 unspecified atom stereocenters. The minimum atomic E-state index is -1.37. The number of piperidine rings is 1. The van der Waals surface area contributed by atoms with Crippen LogP contribution in [0.2, 0.25) is 0 Å². The highest BCUT2D eigenvalue weighted by molar-refractivity contribution is 5.92. The lowest BCUT2D eigenvalue weighted by atomic mass is 9.73. The van der Waals surface area contributed by atoms with Crippen molar-refractivity contribution in [1.82, 2.24) is 19.7 Å². The monoisotopic (exact) mass is 527 g/mol. The lowest BCUT2D eigenvalue weighted by Gasteiger charge is -2.38. The lowest BCUT2D eigenvalue weighted by Crippen LogP contribution is -2.45. The molecule has 2 atom stereocenters. The Morgan fingerprint density at radius 2 is 2.00 bits per heavy atom. The van der Waals surface area contributed by atoms with Crippen LogP contribution in [0.4, 0.5) is 0 Å². The van der Waals surface area contributed by atoms with Crippen molar-refractivity contribution in [2.45, 2.75) is 57.8 Å². The van der Waals surface area contributed by atoms with Gasteiger partial charge in [-0.2, -0.15) is 5.10 Å². The van der Waals surface area contributed by atoms with E-state index >= 15 is 0 Å². The van der Waals surface area contributed by atoms with Gasteiger partial charge in [-0.3, -0.25) is 9.59 Å². The summed E-state index contributed by atoms with van der Waals surface area (Å²) in [7, 11) is 1.72. The summed E-state index contributed by atoms with van der Waals surface area (Å²) in [5.41, 5.74) is 7.70. The van der Waals surface area contributed by atoms with Crippen LogP contribution in [-0.2, 0) is 29.0 Å². The number of carbonyl (C=O) groups excluding carboxylic acids is 2. The molecule has 9 heteroatoms. The van der Waals surface area contributed by atoms with E-state index in [2.05, 4.69) is 35.8 Å². The Morgan fingerprint density at radius 3 is 2.72 bits per heavy atom. The van der Waals surface area contributed by atoms with Gasteiger partial charge in [0.25, 0.3) is 5.91 Å². The number of aliphatic hydroxyl groups is 1. The molecule has 39 heavy (non-hydrogen) atoms. The molecule has 0 spiro atoms. The van der Waals surface area contributed by atoms with Crippen molar-refractivity contribution in [3.63, 3.8) is 0 Å². The van der Waals surface area contributed by atoms with Gasteiger partial charge in [0.1, 0.15) is 5.60 Å². The van der Waals surface area contributed by atoms with Crippen molar-refractivity contribution < 1.29 is 19.4 Å². The first-order chi connectivity index (χ1) is 18.5. The number of nitrogens with zero attached hydrogens (tertiary/aromatic N) is 4. The van der Waals surface area contributed by atoms with E-state index in [-0.39, 0.29) is 29.5 Å². The molecule has 1 aromatic carbocycles. The average Bonchev–Trinajstić information content (AvgIpc) is 3.27. The molecule has 5 rings (SSSR count). The molecule has 9 nitrogen and oxygen atoms in total. The van der Waals surface area contributed by atoms with Gasteiger partial charge >= 0.3 is 0 Å². The molecular formula is C30H33N5O4. The van der Waals surface area contributed by atoms with Crippen LogP contribution in [0, 0.1) is 17.3 Å². The van der Waals surface area contributed by atoms with E-state index in [0.717, 1.165) is 16.8 Å². The van der Waals surface area contributed by atoms with Crippen molar-refractivity contribution >= 4 is 11.8 Å². The van der Waals surface area contributed by atoms with E-state index in [9.17, 15) is 14.7 Å². The molecule has 0 saturated carbocycles. The smallest absolute Gasteiger partial charge is 0.269 e. The maximum atomic E-state index is 12.4. The molecule has 1 aliphatic heterocycles. The fourth-order valence-electron chi connectivity index (χ4n) is 5.19. The van der Waals surface area contributed by atoms with Crippen LogP contribution >= 0.6 is 0 Å². The molecule has 2 amide bonds. The third kappa shape index (κ3) is 5.58. The highest BCUT2D eigenvalue weighted by Gasteiger charge is 2.41. The van der Waals surface area contributed by atoms with Gasteiger partial charge in [-0.25, -0.2) is 9.67 Å². The molecule has 3 N–H and O–H groups in total. The second kappa shape index (κ2) is 10.3. The van der Waals surface area contributed by atoms with Gasteiger partial charge in [0, 0.05) is 43.8 Å². The first kappa shape index (κ1) is 26.6. The molecule has 202 valence electrons. The Hall–Kier alpha value is -4.00. The fourth-order valence-corrected chi connectivity index (χ4v) is 5.19. The van der Waals surface area contributed by atoms with E-state index in [1.807, 2.05) is 30.3 Å². The predicted molar refractivity (Wildman–Crippen MR) is 145 cm³/mol. The van der Waals surface area contributed by atoms with Crippen molar-refractivity contribution in [1.29, 1.82) is 0 Å². The molecule has 0 bridgehead atoms. The van der Waals surface area contributed by atoms with E-state index < -0.39 is 11.5 Å². The lowest BCUT2D eigenvalue weighted by molar-refractivity contribution is -0.138. The van der Waals surface area contributed by atoms with Crippen LogP contribution in [0.1, 0.15) is 59.6 Å². The summed E-state index contributed by atoms with van der Waals surface area (Å²) in [6.45, 7) is 5.21. The number of ether oxygens (including phenoxy) is 1. The zero-order valence-electron chi connectivity index (χ0n) is 22.5. The fraction of sp³-hybridized carbons (Fsp3) is 0.400. The molecule has 3 aromatic rings. The SMILES string of the molecule is CN1CCC(O)(C#Cc2ccnc(-n3nc(C(N)=O)c4c3CC(C)(C)C(OCc3ccccc3)C4)c2)CC1=O. The van der Waals surface area contributed by atoms with E-state index in [1.165, 1.54) is 0 Å². The van der Waals surface area contributed by atoms with Crippen LogP contribution in [0.15, 0.2) is 48.7 Å². The summed E-state index contributed by atoms with van der Waals surface area (Å²) in [5.74, 6) is 5.65. The second-order valence-corrected chi connectivity index (χ2v) is 11.1. The van der Waals surface area contributed by atoms with Crippen LogP contribution in [0.3, 0.4) is 0 Å². The molecule has 1 fully saturated rings. The Bertz CT molecular complexity index is 1470. The zero-order valence-corrected chi connectivity index (χ0v) is 22.5. The summed E-state index contributed by atoms with van der Waals surface area (Å²) >= 11 is 0. The number of hydrogen-bond donors (Lipinski definition) is 2. The van der Waals surface area contributed by atoms with Crippen molar-refractivity contribution in [3.8, 4) is 17.7 Å². The Balaban J connectivity index is 1.44. The van der Waals surface area contributed by atoms with E-state index in [4.69, 9.17) is 10.5 Å². The molecule has 3 heterocycles. The van der Waals surface area contributed by atoms with Gasteiger partial charge in [0.2, 0.25) is 5.91 Å². The van der Waals surface area contributed by atoms with Crippen molar-refractivity contribution in [2.24, 2.45) is 11.1 Å². The molecule has 0 radical (unpaired) electrons. The van der Waals surface area contributed by atoms with Crippen LogP contribution in [0.25, 0.3) is 5.82 Å². The summed E-state index contributed by atoms with van der Waals surface area (Å²) < 4.78 is 8.02. The molecule has 2 aliphatic rings. The van der Waals surface area contributed by atoms with Crippen LogP contribution < -0.4 is 5.73 Å². The first-order valence-electron chi connectivity index (χ1n) is 13.1. The van der Waals surface area contributed by atoms with Gasteiger partial charge in [-0.15, -0.1) is 0 Å². The standard InChI is InChI=1S/C30H33N5O4/c1-29(2)17-23-22(16-24(29)39-19-21-7-5-4-6-8-21)27(28(31)37)33-35(23)25-15-20(10-13-32-25)9-11-30(38)12-14-34(3)26(36)18-30/h4-8,10,13,15,24,38H,12,14,16-19H2,1-3H3,(H2,31,37). The predicted octanol–water partition coefficient (Wildman–Crippen LogP) is 2.41. The van der Waals surface area contributed by atoms with Gasteiger partial charge in [-0.1, -0.05) is 56.0 Å². The highest BCUT2D eigenvalue weighted by Crippen LogP contribution is 2.39. The molecule has 1 aliphatic carbocycles. The van der Waals surface area contributed by atoms with Crippen molar-refractivity contribution in [2.75, 3.05) is 13.6 Å². The Morgan fingerprint density at radius 1 is 1.23 bits per heavy atom. The largest absolute Gasteiger partial charge is 0.377 e.